The van der Waals surface area contributed by atoms with Gasteiger partial charge in [0.2, 0.25) is 0 Å². The maximum atomic E-state index is 13.3. The van der Waals surface area contributed by atoms with Crippen molar-refractivity contribution in [2.24, 2.45) is 0 Å². The maximum Gasteiger partial charge on any atom is 0.265 e. The highest BCUT2D eigenvalue weighted by molar-refractivity contribution is 5.96. The zero-order chi connectivity index (χ0) is 21.9. The fraction of sp³-hybridized carbons (Fsp3) is 0.179. The number of anilines is 2. The van der Waals surface area contributed by atoms with Crippen molar-refractivity contribution in [3.63, 3.8) is 0 Å². The summed E-state index contributed by atoms with van der Waals surface area (Å²) >= 11 is 0. The third-order valence-corrected chi connectivity index (χ3v) is 6.06. The molecule has 1 N–H and O–H groups in total. The molecule has 0 radical (unpaired) electrons. The lowest BCUT2D eigenvalue weighted by molar-refractivity contribution is -0.121. The van der Waals surface area contributed by atoms with Crippen molar-refractivity contribution in [2.45, 2.75) is 25.4 Å². The summed E-state index contributed by atoms with van der Waals surface area (Å²) in [6, 6.07) is 32.6. The Morgan fingerprint density at radius 2 is 1.62 bits per heavy atom. The number of hydrogen-bond acceptors (Lipinski definition) is 3. The van der Waals surface area contributed by atoms with Gasteiger partial charge in [-0.25, -0.2) is 0 Å². The van der Waals surface area contributed by atoms with Crippen LogP contribution in [0.25, 0.3) is 10.8 Å². The van der Waals surface area contributed by atoms with Crippen LogP contribution >= 0.6 is 0 Å². The molecule has 0 fully saturated rings. The number of hydrogen-bond donors (Lipinski definition) is 1. The van der Waals surface area contributed by atoms with Crippen molar-refractivity contribution in [1.82, 2.24) is 0 Å². The van der Waals surface area contributed by atoms with Crippen LogP contribution in [-0.4, -0.2) is 18.6 Å². The second-order valence-corrected chi connectivity index (χ2v) is 8.27. The Hall–Kier alpha value is -3.79. The van der Waals surface area contributed by atoms with Crippen LogP contribution in [0.1, 0.15) is 24.9 Å². The average Bonchev–Trinajstić information content (AvgIpc) is 2.83. The second kappa shape index (κ2) is 8.75. The van der Waals surface area contributed by atoms with E-state index >= 15 is 0 Å². The molecule has 4 aromatic carbocycles. The highest BCUT2D eigenvalue weighted by Gasteiger charge is 2.33. The van der Waals surface area contributed by atoms with Crippen LogP contribution in [0.15, 0.2) is 97.1 Å². The smallest absolute Gasteiger partial charge is 0.265 e. The molecule has 0 spiro atoms. The highest BCUT2D eigenvalue weighted by Crippen LogP contribution is 2.39. The molecule has 0 bridgehead atoms. The number of carbonyl (C=O) groups excluding carboxylic acids is 1. The molecular weight excluding hydrogens is 396 g/mol. The first-order chi connectivity index (χ1) is 15.7. The number of nitrogens with zero attached hydrogens (tertiary/aromatic N) is 1. The van der Waals surface area contributed by atoms with Gasteiger partial charge in [0.25, 0.3) is 5.91 Å². The number of carbonyl (C=O) groups is 1. The molecule has 1 aliphatic heterocycles. The quantitative estimate of drug-likeness (QED) is 0.416. The zero-order valence-corrected chi connectivity index (χ0v) is 18.1. The molecule has 1 heterocycles. The van der Waals surface area contributed by atoms with Crippen LogP contribution < -0.4 is 15.0 Å². The molecule has 0 saturated carbocycles. The van der Waals surface area contributed by atoms with E-state index in [0.29, 0.717) is 5.75 Å². The van der Waals surface area contributed by atoms with Crippen LogP contribution in [-0.2, 0) is 4.79 Å². The Balaban J connectivity index is 1.34. The minimum atomic E-state index is -0.0312. The van der Waals surface area contributed by atoms with Crippen LogP contribution in [0.3, 0.4) is 0 Å². The van der Waals surface area contributed by atoms with Crippen LogP contribution in [0, 0.1) is 0 Å². The van der Waals surface area contributed by atoms with Crippen molar-refractivity contribution in [1.29, 1.82) is 0 Å². The molecule has 2 atom stereocenters. The predicted octanol–water partition coefficient (Wildman–Crippen LogP) is 6.20. The van der Waals surface area contributed by atoms with Gasteiger partial charge in [-0.1, -0.05) is 66.7 Å². The monoisotopic (exact) mass is 422 g/mol. The zero-order valence-electron chi connectivity index (χ0n) is 18.1. The van der Waals surface area contributed by atoms with Crippen molar-refractivity contribution in [3.05, 3.63) is 103 Å². The Morgan fingerprint density at radius 3 is 2.47 bits per heavy atom. The summed E-state index contributed by atoms with van der Waals surface area (Å²) < 4.78 is 5.91. The fourth-order valence-corrected chi connectivity index (χ4v) is 4.54. The SMILES string of the molecule is C[C@H]1C[C@@H](Nc2ccccc2)c2ccccc2N1C(=O)COc1ccc2ccccc2c1. The van der Waals surface area contributed by atoms with Gasteiger partial charge >= 0.3 is 0 Å². The first-order valence-electron chi connectivity index (χ1n) is 11.0. The van der Waals surface area contributed by atoms with Crippen molar-refractivity contribution >= 4 is 28.1 Å². The number of para-hydroxylation sites is 2. The number of fused-ring (bicyclic) bond motifs is 2. The number of rotatable bonds is 5. The molecule has 0 saturated heterocycles. The molecule has 4 nitrogen and oxygen atoms in total. The summed E-state index contributed by atoms with van der Waals surface area (Å²) in [6.07, 6.45) is 0.827. The van der Waals surface area contributed by atoms with Crippen LogP contribution in [0.2, 0.25) is 0 Å². The summed E-state index contributed by atoms with van der Waals surface area (Å²) in [7, 11) is 0. The summed E-state index contributed by atoms with van der Waals surface area (Å²) in [6.45, 7) is 2.11. The Bertz CT molecular complexity index is 1240. The van der Waals surface area contributed by atoms with E-state index in [9.17, 15) is 4.79 Å². The Labute approximate surface area is 188 Å². The van der Waals surface area contributed by atoms with Crippen LogP contribution in [0.5, 0.6) is 5.75 Å². The molecule has 4 heteroatoms. The van der Waals surface area contributed by atoms with E-state index in [1.165, 1.54) is 0 Å². The van der Waals surface area contributed by atoms with Crippen LogP contribution in [0.4, 0.5) is 11.4 Å². The minimum Gasteiger partial charge on any atom is -0.484 e. The van der Waals surface area contributed by atoms with E-state index in [-0.39, 0.29) is 24.6 Å². The molecule has 0 aromatic heterocycles. The molecule has 0 aliphatic carbocycles. The highest BCUT2D eigenvalue weighted by atomic mass is 16.5. The lowest BCUT2D eigenvalue weighted by Crippen LogP contribution is -2.46. The third-order valence-electron chi connectivity index (χ3n) is 6.06. The van der Waals surface area contributed by atoms with E-state index < -0.39 is 0 Å². The molecule has 1 amide bonds. The van der Waals surface area contributed by atoms with Gasteiger partial charge in [-0.2, -0.15) is 0 Å². The molecule has 4 aromatic rings. The molecule has 160 valence electrons. The molecule has 5 rings (SSSR count). The molecule has 0 unspecified atom stereocenters. The number of nitrogens with one attached hydrogen (secondary N) is 1. The first-order valence-corrected chi connectivity index (χ1v) is 11.0. The lowest BCUT2D eigenvalue weighted by atomic mass is 9.91. The standard InChI is InChI=1S/C28H26N2O2/c1-20-17-26(29-23-11-3-2-4-12-23)25-13-7-8-14-27(25)30(20)28(31)19-32-24-16-15-21-9-5-6-10-22(21)18-24/h2-16,18,20,26,29H,17,19H2,1H3/t20-,26+/m0/s1. The van der Waals surface area contributed by atoms with Gasteiger partial charge in [0.1, 0.15) is 5.75 Å². The van der Waals surface area contributed by atoms with Gasteiger partial charge in [0.15, 0.2) is 6.61 Å². The van der Waals surface area contributed by atoms with Crippen molar-refractivity contribution in [3.8, 4) is 5.75 Å². The van der Waals surface area contributed by atoms with Crippen molar-refractivity contribution < 1.29 is 9.53 Å². The van der Waals surface area contributed by atoms with Gasteiger partial charge in [0.05, 0.1) is 6.04 Å². The molecular formula is C28H26N2O2. The second-order valence-electron chi connectivity index (χ2n) is 8.27. The summed E-state index contributed by atoms with van der Waals surface area (Å²) in [5.41, 5.74) is 3.17. The molecule has 1 aliphatic rings. The van der Waals surface area contributed by atoms with E-state index in [1.807, 2.05) is 77.7 Å². The predicted molar refractivity (Wildman–Crippen MR) is 130 cm³/mol. The van der Waals surface area contributed by atoms with Gasteiger partial charge in [-0.05, 0) is 60.0 Å². The minimum absolute atomic E-state index is 0.00773. The maximum absolute atomic E-state index is 13.3. The largest absolute Gasteiger partial charge is 0.484 e. The van der Waals surface area contributed by atoms with E-state index in [0.717, 1.165) is 34.1 Å². The topological polar surface area (TPSA) is 41.6 Å². The Morgan fingerprint density at radius 1 is 0.906 bits per heavy atom. The normalized spacial score (nSPS) is 17.6. The van der Waals surface area contributed by atoms with E-state index in [2.05, 4.69) is 36.5 Å². The van der Waals surface area contributed by atoms with Gasteiger partial charge in [0, 0.05) is 17.4 Å². The summed E-state index contributed by atoms with van der Waals surface area (Å²) in [5, 5.41) is 5.89. The summed E-state index contributed by atoms with van der Waals surface area (Å²) in [4.78, 5) is 15.1. The number of amides is 1. The first kappa shape index (κ1) is 20.1. The summed E-state index contributed by atoms with van der Waals surface area (Å²) in [5.74, 6) is 0.676. The molecule has 32 heavy (non-hydrogen) atoms. The van der Waals surface area contributed by atoms with Gasteiger partial charge in [-0.3, -0.25) is 4.79 Å². The van der Waals surface area contributed by atoms with Crippen molar-refractivity contribution in [2.75, 3.05) is 16.8 Å². The number of benzene rings is 4. The Kier molecular flexibility index (Phi) is 5.51. The average molecular weight is 423 g/mol. The third kappa shape index (κ3) is 4.04. The van der Waals surface area contributed by atoms with E-state index in [1.54, 1.807) is 0 Å². The van der Waals surface area contributed by atoms with E-state index in [4.69, 9.17) is 4.74 Å². The van der Waals surface area contributed by atoms with Gasteiger partial charge in [-0.15, -0.1) is 0 Å². The lowest BCUT2D eigenvalue weighted by Gasteiger charge is -2.40. The number of ether oxygens (including phenoxy) is 1. The fourth-order valence-electron chi connectivity index (χ4n) is 4.54. The van der Waals surface area contributed by atoms with Gasteiger partial charge < -0.3 is 15.0 Å².